The first-order valence-electron chi connectivity index (χ1n) is 15.6. The van der Waals surface area contributed by atoms with Crippen molar-refractivity contribution in [2.45, 2.75) is 37.0 Å². The highest BCUT2D eigenvalue weighted by atomic mass is 32.2. The van der Waals surface area contributed by atoms with E-state index >= 15 is 4.39 Å². The molecule has 6 rings (SSSR count). The largest absolute Gasteiger partial charge is 0.466 e. The molecule has 0 amide bonds. The molecule has 0 fully saturated rings. The molecular formula is C36H33FN4O7S2. The van der Waals surface area contributed by atoms with Crippen LogP contribution in [-0.2, 0) is 48.1 Å². The Labute approximate surface area is 288 Å². The number of aromatic nitrogens is 4. The molecule has 0 aliphatic heterocycles. The zero-order valence-corrected chi connectivity index (χ0v) is 28.8. The van der Waals surface area contributed by atoms with Gasteiger partial charge in [0.15, 0.2) is 27.2 Å². The van der Waals surface area contributed by atoms with E-state index in [9.17, 15) is 21.6 Å². The number of ether oxygens (including phenoxy) is 2. The second-order valence-corrected chi connectivity index (χ2v) is 15.4. The Morgan fingerprint density at radius 3 is 2.38 bits per heavy atom. The normalized spacial score (nSPS) is 11.9. The molecule has 50 heavy (non-hydrogen) atoms. The van der Waals surface area contributed by atoms with Crippen molar-refractivity contribution in [2.75, 3.05) is 12.9 Å². The van der Waals surface area contributed by atoms with Crippen LogP contribution >= 0.6 is 0 Å². The van der Waals surface area contributed by atoms with E-state index in [1.54, 1.807) is 66.5 Å². The maximum Gasteiger partial charge on any atom is 0.306 e. The number of halogens is 1. The van der Waals surface area contributed by atoms with Crippen LogP contribution in [0.5, 0.6) is 11.5 Å². The Hall–Kier alpha value is -5.34. The number of fused-ring (bicyclic) bond motifs is 1. The number of aryl methyl sites for hydroxylation is 1. The van der Waals surface area contributed by atoms with Crippen molar-refractivity contribution in [1.82, 2.24) is 18.7 Å². The van der Waals surface area contributed by atoms with E-state index in [0.29, 0.717) is 36.5 Å². The molecule has 0 aliphatic carbocycles. The molecule has 14 heteroatoms. The van der Waals surface area contributed by atoms with Crippen LogP contribution in [0.25, 0.3) is 22.3 Å². The molecule has 0 spiro atoms. The summed E-state index contributed by atoms with van der Waals surface area (Å²) in [5, 5.41) is 4.57. The van der Waals surface area contributed by atoms with Crippen LogP contribution in [0.1, 0.15) is 30.0 Å². The van der Waals surface area contributed by atoms with Gasteiger partial charge in [-0.05, 0) is 48.2 Å². The highest BCUT2D eigenvalue weighted by Crippen LogP contribution is 2.39. The summed E-state index contributed by atoms with van der Waals surface area (Å²) in [7, 11) is -8.15. The van der Waals surface area contributed by atoms with Gasteiger partial charge in [0, 0.05) is 35.9 Å². The van der Waals surface area contributed by atoms with Gasteiger partial charge in [-0.1, -0.05) is 66.7 Å². The van der Waals surface area contributed by atoms with E-state index in [1.807, 2.05) is 24.3 Å². The minimum absolute atomic E-state index is 0.00191. The van der Waals surface area contributed by atoms with Crippen molar-refractivity contribution in [3.63, 3.8) is 0 Å². The van der Waals surface area contributed by atoms with E-state index in [1.165, 1.54) is 18.3 Å². The van der Waals surface area contributed by atoms with Crippen LogP contribution in [0.15, 0.2) is 108 Å². The first-order valence-corrected chi connectivity index (χ1v) is 19.1. The summed E-state index contributed by atoms with van der Waals surface area (Å²) in [5.41, 5.74) is 2.88. The van der Waals surface area contributed by atoms with Crippen molar-refractivity contribution in [3.8, 4) is 22.9 Å². The lowest BCUT2D eigenvalue weighted by Crippen LogP contribution is -2.14. The number of esters is 1. The van der Waals surface area contributed by atoms with E-state index < -0.39 is 36.3 Å². The molecule has 0 N–H and O–H groups in total. The zero-order chi connectivity index (χ0) is 35.5. The molecule has 6 aromatic rings. The summed E-state index contributed by atoms with van der Waals surface area (Å²) < 4.78 is 82.0. The minimum Gasteiger partial charge on any atom is -0.466 e. The van der Waals surface area contributed by atoms with Gasteiger partial charge in [0.25, 0.3) is 0 Å². The molecule has 0 atom stereocenters. The molecule has 0 saturated carbocycles. The lowest BCUT2D eigenvalue weighted by molar-refractivity contribution is -0.143. The number of carbonyl (C=O) groups is 1. The van der Waals surface area contributed by atoms with Crippen LogP contribution in [-0.4, -0.2) is 54.4 Å². The van der Waals surface area contributed by atoms with Gasteiger partial charge in [-0.3, -0.25) is 4.79 Å². The molecule has 0 bridgehead atoms. The first-order chi connectivity index (χ1) is 23.9. The maximum absolute atomic E-state index is 15.8. The number of hydrogen-bond acceptors (Lipinski definition) is 9. The Morgan fingerprint density at radius 1 is 0.880 bits per heavy atom. The Bertz CT molecular complexity index is 2410. The van der Waals surface area contributed by atoms with Gasteiger partial charge in [0.05, 0.1) is 24.4 Å². The minimum atomic E-state index is -4.12. The van der Waals surface area contributed by atoms with Crippen LogP contribution in [0, 0.1) is 5.82 Å². The van der Waals surface area contributed by atoms with Gasteiger partial charge in [-0.15, -0.1) is 0 Å². The molecule has 11 nitrogen and oxygen atoms in total. The molecule has 0 aliphatic rings. The first kappa shape index (κ1) is 34.5. The SMILES string of the molecule is CCOC(=O)CCc1cccc(Cn2cnc(-c3cccc(Oc4c(F)cc5c(ccn5S(=O)(=O)Cc5ccccc5)c4S(C)(=O)=O)c3)n2)c1. The predicted octanol–water partition coefficient (Wildman–Crippen LogP) is 6.16. The Balaban J connectivity index is 1.25. The van der Waals surface area contributed by atoms with E-state index in [-0.39, 0.29) is 34.8 Å². The summed E-state index contributed by atoms with van der Waals surface area (Å²) >= 11 is 0. The lowest BCUT2D eigenvalue weighted by Gasteiger charge is -2.14. The summed E-state index contributed by atoms with van der Waals surface area (Å²) in [5.74, 6) is -1.75. The fraction of sp³-hybridized carbons (Fsp3) is 0.194. The summed E-state index contributed by atoms with van der Waals surface area (Å²) in [6.07, 6.45) is 4.53. The highest BCUT2D eigenvalue weighted by Gasteiger charge is 2.28. The van der Waals surface area contributed by atoms with E-state index in [4.69, 9.17) is 9.47 Å². The van der Waals surface area contributed by atoms with Crippen molar-refractivity contribution in [1.29, 1.82) is 0 Å². The monoisotopic (exact) mass is 716 g/mol. The smallest absolute Gasteiger partial charge is 0.306 e. The maximum atomic E-state index is 15.8. The molecule has 4 aromatic carbocycles. The fourth-order valence-electron chi connectivity index (χ4n) is 5.61. The van der Waals surface area contributed by atoms with Gasteiger partial charge in [-0.25, -0.2) is 34.9 Å². The Morgan fingerprint density at radius 2 is 1.62 bits per heavy atom. The standard InChI is InChI=1S/C36H33FN4O7S2/c1-3-47-33(42)16-15-25-11-7-12-27(19-25)22-40-24-38-36(39-40)28-13-8-14-29(20-28)48-34-31(37)21-32-30(35(34)49(2,43)44)17-18-41(32)50(45,46)23-26-9-5-4-6-10-26/h4-14,17-21,24H,3,15-16,22-23H2,1-2H3. The molecule has 2 heterocycles. The number of hydrogen-bond donors (Lipinski definition) is 0. The highest BCUT2D eigenvalue weighted by molar-refractivity contribution is 7.91. The summed E-state index contributed by atoms with van der Waals surface area (Å²) in [6.45, 7) is 2.53. The van der Waals surface area contributed by atoms with Gasteiger partial charge in [0.2, 0.25) is 10.0 Å². The fourth-order valence-corrected chi connectivity index (χ4v) is 8.10. The van der Waals surface area contributed by atoms with Crippen LogP contribution in [0.2, 0.25) is 0 Å². The third-order valence-electron chi connectivity index (χ3n) is 7.79. The second kappa shape index (κ2) is 14.3. The third-order valence-corrected chi connectivity index (χ3v) is 10.6. The van der Waals surface area contributed by atoms with Crippen molar-refractivity contribution >= 4 is 36.7 Å². The number of benzene rings is 4. The van der Waals surface area contributed by atoms with Crippen molar-refractivity contribution in [3.05, 3.63) is 126 Å². The van der Waals surface area contributed by atoms with E-state index in [0.717, 1.165) is 27.4 Å². The quantitative estimate of drug-likeness (QED) is 0.129. The predicted molar refractivity (Wildman–Crippen MR) is 185 cm³/mol. The summed E-state index contributed by atoms with van der Waals surface area (Å²) in [6, 6.07) is 25.0. The molecular weight excluding hydrogens is 684 g/mol. The molecule has 0 unspecified atom stereocenters. The average molecular weight is 717 g/mol. The number of sulfone groups is 1. The van der Waals surface area contributed by atoms with Gasteiger partial charge < -0.3 is 9.47 Å². The number of carbonyl (C=O) groups excluding carboxylic acids is 1. The summed E-state index contributed by atoms with van der Waals surface area (Å²) in [4.78, 5) is 15.7. The average Bonchev–Trinajstić information content (AvgIpc) is 3.72. The molecule has 0 saturated heterocycles. The van der Waals surface area contributed by atoms with Crippen LogP contribution in [0.3, 0.4) is 0 Å². The third kappa shape index (κ3) is 7.76. The molecule has 258 valence electrons. The van der Waals surface area contributed by atoms with Crippen molar-refractivity contribution in [2.24, 2.45) is 0 Å². The van der Waals surface area contributed by atoms with Gasteiger partial charge in [-0.2, -0.15) is 5.10 Å². The van der Waals surface area contributed by atoms with Crippen molar-refractivity contribution < 1.29 is 35.5 Å². The van der Waals surface area contributed by atoms with Gasteiger partial charge in [0.1, 0.15) is 17.0 Å². The van der Waals surface area contributed by atoms with Crippen LogP contribution in [0.4, 0.5) is 4.39 Å². The topological polar surface area (TPSA) is 139 Å². The zero-order valence-electron chi connectivity index (χ0n) is 27.2. The van der Waals surface area contributed by atoms with Gasteiger partial charge >= 0.3 is 5.97 Å². The second-order valence-electron chi connectivity index (χ2n) is 11.6. The number of rotatable bonds is 13. The molecule has 0 radical (unpaired) electrons. The lowest BCUT2D eigenvalue weighted by atomic mass is 10.1. The molecule has 2 aromatic heterocycles. The van der Waals surface area contributed by atoms with Crippen LogP contribution < -0.4 is 4.74 Å². The van der Waals surface area contributed by atoms with E-state index in [2.05, 4.69) is 10.1 Å². The number of nitrogens with zero attached hydrogens (tertiary/aromatic N) is 4. The Kier molecular flexibility index (Phi) is 9.84.